The average Bonchev–Trinajstić information content (AvgIpc) is 3.34. The molecule has 2 aromatic carbocycles. The van der Waals surface area contributed by atoms with E-state index in [1.807, 2.05) is 41.3 Å². The minimum absolute atomic E-state index is 0.0198. The van der Waals surface area contributed by atoms with Gasteiger partial charge in [-0.25, -0.2) is 4.98 Å². The molecule has 1 N–H and O–H groups in total. The van der Waals surface area contributed by atoms with Crippen LogP contribution >= 0.6 is 11.3 Å². The van der Waals surface area contributed by atoms with Gasteiger partial charge in [0.05, 0.1) is 37.0 Å². The van der Waals surface area contributed by atoms with Gasteiger partial charge in [-0.3, -0.25) is 9.69 Å². The van der Waals surface area contributed by atoms with Crippen molar-refractivity contribution in [3.63, 3.8) is 0 Å². The summed E-state index contributed by atoms with van der Waals surface area (Å²) < 4.78 is 6.41. The molecule has 2 heterocycles. The van der Waals surface area contributed by atoms with Gasteiger partial charge < -0.3 is 9.64 Å². The Balaban J connectivity index is 1.64. The van der Waals surface area contributed by atoms with Crippen molar-refractivity contribution in [3.05, 3.63) is 54.1 Å². The molecule has 1 aromatic heterocycles. The Labute approximate surface area is 169 Å². The van der Waals surface area contributed by atoms with E-state index in [0.29, 0.717) is 23.9 Å². The molecule has 0 aliphatic carbocycles. The topological polar surface area (TPSA) is 46.9 Å². The van der Waals surface area contributed by atoms with E-state index in [1.165, 1.54) is 19.4 Å². The molecule has 0 radical (unpaired) electrons. The lowest BCUT2D eigenvalue weighted by atomic mass is 10.1. The van der Waals surface area contributed by atoms with Gasteiger partial charge in [0.25, 0.3) is 5.91 Å². The van der Waals surface area contributed by atoms with Crippen molar-refractivity contribution in [3.8, 4) is 5.75 Å². The number of nitrogens with one attached hydrogen (secondary N) is 1. The zero-order valence-corrected chi connectivity index (χ0v) is 17.2. The smallest absolute Gasteiger partial charge is 0.260 e. The summed E-state index contributed by atoms with van der Waals surface area (Å²) in [7, 11) is 3.87. The summed E-state index contributed by atoms with van der Waals surface area (Å²) in [6, 6.07) is 16.0. The van der Waals surface area contributed by atoms with Crippen molar-refractivity contribution in [1.82, 2.24) is 4.98 Å². The largest absolute Gasteiger partial charge is 0.497 e. The molecule has 146 valence electrons. The number of likely N-dealkylation sites (tertiary alicyclic amines) is 1. The van der Waals surface area contributed by atoms with Crippen molar-refractivity contribution in [2.75, 3.05) is 32.1 Å². The molecule has 3 aromatic rings. The van der Waals surface area contributed by atoms with Gasteiger partial charge in [-0.1, -0.05) is 29.5 Å². The molecular formula is C22H26N3O2S+. The highest BCUT2D eigenvalue weighted by Gasteiger charge is 2.28. The maximum Gasteiger partial charge on any atom is 0.260 e. The number of fused-ring (bicyclic) bond motifs is 1. The highest BCUT2D eigenvalue weighted by molar-refractivity contribution is 7.22. The highest BCUT2D eigenvalue weighted by atomic mass is 32.1. The molecule has 0 saturated carbocycles. The molecule has 5 nitrogen and oxygen atoms in total. The molecule has 1 aliphatic rings. The van der Waals surface area contributed by atoms with Crippen molar-refractivity contribution >= 4 is 32.6 Å². The zero-order valence-electron chi connectivity index (χ0n) is 16.4. The summed E-state index contributed by atoms with van der Waals surface area (Å²) in [4.78, 5) is 21.6. The van der Waals surface area contributed by atoms with E-state index in [9.17, 15) is 4.79 Å². The number of para-hydroxylation sites is 1. The summed E-state index contributed by atoms with van der Waals surface area (Å²) in [6.07, 6.45) is 3.48. The van der Waals surface area contributed by atoms with Gasteiger partial charge >= 0.3 is 0 Å². The van der Waals surface area contributed by atoms with Crippen LogP contribution in [-0.2, 0) is 0 Å². The van der Waals surface area contributed by atoms with Crippen LogP contribution < -0.4 is 14.5 Å². The van der Waals surface area contributed by atoms with Crippen LogP contribution in [0.3, 0.4) is 0 Å². The first-order valence-corrected chi connectivity index (χ1v) is 10.6. The monoisotopic (exact) mass is 396 g/mol. The number of rotatable bonds is 6. The van der Waals surface area contributed by atoms with Gasteiger partial charge in [0.1, 0.15) is 5.75 Å². The van der Waals surface area contributed by atoms with E-state index in [0.717, 1.165) is 21.8 Å². The molecule has 28 heavy (non-hydrogen) atoms. The van der Waals surface area contributed by atoms with Gasteiger partial charge in [-0.15, -0.1) is 0 Å². The second kappa shape index (κ2) is 8.29. The first-order valence-electron chi connectivity index (χ1n) is 9.79. The summed E-state index contributed by atoms with van der Waals surface area (Å²) in [5.41, 5.74) is 1.57. The van der Waals surface area contributed by atoms with Gasteiger partial charge in [-0.05, 0) is 30.3 Å². The fraction of sp³-hybridized carbons (Fsp3) is 0.364. The number of hydrogen-bond acceptors (Lipinski definition) is 4. The Kier molecular flexibility index (Phi) is 5.59. The third-order valence-corrected chi connectivity index (χ3v) is 6.66. The predicted octanol–water partition coefficient (Wildman–Crippen LogP) is 3.02. The number of nitrogens with zero attached hydrogens (tertiary/aromatic N) is 2. The number of carbonyl (C=O) groups excluding carboxylic acids is 1. The Morgan fingerprint density at radius 2 is 2.14 bits per heavy atom. The first kappa shape index (κ1) is 18.9. The van der Waals surface area contributed by atoms with E-state index in [4.69, 9.17) is 9.72 Å². The first-order chi connectivity index (χ1) is 13.7. The van der Waals surface area contributed by atoms with E-state index < -0.39 is 0 Å². The molecule has 6 heteroatoms. The Bertz CT molecular complexity index is 938. The number of aromatic nitrogens is 1. The van der Waals surface area contributed by atoms with Crippen molar-refractivity contribution < 1.29 is 14.4 Å². The van der Waals surface area contributed by atoms with Crippen LogP contribution in [-0.4, -0.2) is 44.2 Å². The van der Waals surface area contributed by atoms with Gasteiger partial charge in [-0.2, -0.15) is 0 Å². The molecule has 1 unspecified atom stereocenters. The lowest BCUT2D eigenvalue weighted by Gasteiger charge is -2.23. The Hall–Kier alpha value is -2.44. The SMILES string of the molecule is COc1cccc(C(=O)N(CC[C@H]2CCC[NH+]2C)c2nc3ccccc3s2)c1. The number of thiazole rings is 1. The standard InChI is InChI=1S/C22H25N3O2S/c1-24-13-6-8-17(24)12-14-25(21(26)16-7-5-9-18(15-16)27-2)22-23-19-10-3-4-11-20(19)28-22/h3-5,7,9-11,15,17H,6,8,12-14H2,1-2H3/p+1/t17-/m1/s1. The van der Waals surface area contributed by atoms with Crippen LogP contribution in [0.15, 0.2) is 48.5 Å². The van der Waals surface area contributed by atoms with Gasteiger partial charge in [0.2, 0.25) is 0 Å². The third-order valence-electron chi connectivity index (χ3n) is 5.60. The number of ether oxygens (including phenoxy) is 1. The minimum Gasteiger partial charge on any atom is -0.497 e. The molecule has 2 atom stereocenters. The van der Waals surface area contributed by atoms with Crippen LogP contribution in [0.2, 0.25) is 0 Å². The Morgan fingerprint density at radius 3 is 2.89 bits per heavy atom. The van der Waals surface area contributed by atoms with E-state index in [1.54, 1.807) is 29.4 Å². The van der Waals surface area contributed by atoms with E-state index in [2.05, 4.69) is 13.1 Å². The van der Waals surface area contributed by atoms with E-state index in [-0.39, 0.29) is 5.91 Å². The van der Waals surface area contributed by atoms with Crippen LogP contribution in [0.5, 0.6) is 5.75 Å². The average molecular weight is 397 g/mol. The Morgan fingerprint density at radius 1 is 1.29 bits per heavy atom. The van der Waals surface area contributed by atoms with Crippen LogP contribution in [0, 0.1) is 0 Å². The normalized spacial score (nSPS) is 19.1. The van der Waals surface area contributed by atoms with Crippen LogP contribution in [0.25, 0.3) is 10.2 Å². The lowest BCUT2D eigenvalue weighted by Crippen LogP contribution is -3.10. The zero-order chi connectivity index (χ0) is 19.5. The number of hydrogen-bond donors (Lipinski definition) is 1. The van der Waals surface area contributed by atoms with Gasteiger partial charge in [0.15, 0.2) is 5.13 Å². The fourth-order valence-electron chi connectivity index (χ4n) is 3.92. The maximum absolute atomic E-state index is 13.4. The third kappa shape index (κ3) is 3.88. The van der Waals surface area contributed by atoms with Gasteiger partial charge in [0, 0.05) is 31.4 Å². The molecule has 1 saturated heterocycles. The number of amides is 1. The number of quaternary nitrogens is 1. The van der Waals surface area contributed by atoms with Crippen LogP contribution in [0.4, 0.5) is 5.13 Å². The van der Waals surface area contributed by atoms with Crippen LogP contribution in [0.1, 0.15) is 29.6 Å². The molecule has 1 amide bonds. The summed E-state index contributed by atoms with van der Waals surface area (Å²) >= 11 is 1.58. The number of carbonyl (C=O) groups is 1. The van der Waals surface area contributed by atoms with Crippen molar-refractivity contribution in [2.24, 2.45) is 0 Å². The van der Waals surface area contributed by atoms with E-state index >= 15 is 0 Å². The second-order valence-electron chi connectivity index (χ2n) is 7.38. The second-order valence-corrected chi connectivity index (χ2v) is 8.39. The predicted molar refractivity (Wildman–Crippen MR) is 114 cm³/mol. The number of anilines is 1. The molecule has 1 fully saturated rings. The highest BCUT2D eigenvalue weighted by Crippen LogP contribution is 2.30. The molecule has 0 spiro atoms. The molecule has 1 aliphatic heterocycles. The summed E-state index contributed by atoms with van der Waals surface area (Å²) in [5, 5.41) is 0.768. The lowest BCUT2D eigenvalue weighted by molar-refractivity contribution is -0.892. The molecule has 0 bridgehead atoms. The quantitative estimate of drug-likeness (QED) is 0.697. The summed E-state index contributed by atoms with van der Waals surface area (Å²) in [5.74, 6) is 0.670. The molecule has 4 rings (SSSR count). The number of benzene rings is 2. The van der Waals surface area contributed by atoms with Crippen molar-refractivity contribution in [2.45, 2.75) is 25.3 Å². The maximum atomic E-state index is 13.4. The number of methoxy groups -OCH3 is 1. The fourth-order valence-corrected chi connectivity index (χ4v) is 4.91. The summed E-state index contributed by atoms with van der Waals surface area (Å²) in [6.45, 7) is 1.90. The molecular weight excluding hydrogens is 370 g/mol. The minimum atomic E-state index is -0.0198. The van der Waals surface area contributed by atoms with Crippen molar-refractivity contribution in [1.29, 1.82) is 0 Å².